The lowest BCUT2D eigenvalue weighted by molar-refractivity contribution is -0.134. The molecule has 0 aliphatic carbocycles. The smallest absolute Gasteiger partial charge is 0.251 e. The largest absolute Gasteiger partial charge is 0.366 e. The lowest BCUT2D eigenvalue weighted by Crippen LogP contribution is -2.48. The van der Waals surface area contributed by atoms with E-state index in [9.17, 15) is 4.79 Å². The van der Waals surface area contributed by atoms with Crippen molar-refractivity contribution >= 4 is 28.8 Å². The summed E-state index contributed by atoms with van der Waals surface area (Å²) in [6.45, 7) is 1.89. The molecule has 1 fully saturated rings. The zero-order valence-electron chi connectivity index (χ0n) is 11.9. The van der Waals surface area contributed by atoms with E-state index in [-0.39, 0.29) is 11.9 Å². The van der Waals surface area contributed by atoms with Crippen LogP contribution in [0.2, 0.25) is 5.02 Å². The van der Waals surface area contributed by atoms with Gasteiger partial charge in [-0.3, -0.25) is 4.79 Å². The van der Waals surface area contributed by atoms with Gasteiger partial charge in [0, 0.05) is 18.1 Å². The normalized spacial score (nSPS) is 19.6. The fourth-order valence-electron chi connectivity index (χ4n) is 2.42. The molecule has 3 rings (SSSR count). The van der Waals surface area contributed by atoms with Crippen molar-refractivity contribution in [1.82, 2.24) is 10.6 Å². The van der Waals surface area contributed by atoms with E-state index in [1.165, 1.54) is 0 Å². The molecule has 22 heavy (non-hydrogen) atoms. The minimum atomic E-state index is -0.442. The van der Waals surface area contributed by atoms with Crippen molar-refractivity contribution in [3.8, 4) is 0 Å². The van der Waals surface area contributed by atoms with E-state index in [1.807, 2.05) is 41.1 Å². The third kappa shape index (κ3) is 3.67. The third-order valence-electron chi connectivity index (χ3n) is 3.59. The van der Waals surface area contributed by atoms with Gasteiger partial charge in [-0.25, -0.2) is 0 Å². The molecular weight excluding hydrogens is 320 g/mol. The number of rotatable bonds is 4. The number of benzene rings is 1. The molecule has 2 unspecified atom stereocenters. The Labute approximate surface area is 138 Å². The Hall–Kier alpha value is -1.40. The van der Waals surface area contributed by atoms with Crippen molar-refractivity contribution in [3.05, 3.63) is 57.2 Å². The predicted octanol–water partition coefficient (Wildman–Crippen LogP) is 2.60. The van der Waals surface area contributed by atoms with Crippen LogP contribution < -0.4 is 10.6 Å². The fourth-order valence-corrected chi connectivity index (χ4v) is 3.23. The molecule has 0 bridgehead atoms. The average molecular weight is 337 g/mol. The number of morpholine rings is 1. The Balaban J connectivity index is 1.79. The summed E-state index contributed by atoms with van der Waals surface area (Å²) in [7, 11) is 0. The van der Waals surface area contributed by atoms with Crippen LogP contribution >= 0.6 is 22.9 Å². The Morgan fingerprint density at radius 2 is 2.14 bits per heavy atom. The first-order valence-electron chi connectivity index (χ1n) is 7.14. The summed E-state index contributed by atoms with van der Waals surface area (Å²) in [6, 6.07) is 9.36. The monoisotopic (exact) mass is 336 g/mol. The molecule has 2 atom stereocenters. The van der Waals surface area contributed by atoms with E-state index >= 15 is 0 Å². The molecule has 1 aliphatic heterocycles. The highest BCUT2D eigenvalue weighted by molar-refractivity contribution is 7.08. The van der Waals surface area contributed by atoms with Crippen molar-refractivity contribution in [3.63, 3.8) is 0 Å². The van der Waals surface area contributed by atoms with E-state index in [1.54, 1.807) is 11.3 Å². The number of carbonyl (C=O) groups is 1. The first-order valence-corrected chi connectivity index (χ1v) is 8.46. The second kappa shape index (κ2) is 7.24. The molecule has 0 spiro atoms. The van der Waals surface area contributed by atoms with Gasteiger partial charge >= 0.3 is 0 Å². The molecule has 0 radical (unpaired) electrons. The molecule has 116 valence electrons. The molecule has 6 heteroatoms. The molecule has 2 heterocycles. The maximum atomic E-state index is 12.4. The second-order valence-corrected chi connectivity index (χ2v) is 6.33. The van der Waals surface area contributed by atoms with Gasteiger partial charge in [0.25, 0.3) is 5.91 Å². The highest BCUT2D eigenvalue weighted by Crippen LogP contribution is 2.25. The van der Waals surface area contributed by atoms with Crippen molar-refractivity contribution in [2.24, 2.45) is 0 Å². The molecule has 2 N–H and O–H groups in total. The molecule has 4 nitrogen and oxygen atoms in total. The van der Waals surface area contributed by atoms with Crippen molar-refractivity contribution < 1.29 is 9.53 Å². The van der Waals surface area contributed by atoms with Crippen LogP contribution in [0.25, 0.3) is 0 Å². The number of hydrogen-bond acceptors (Lipinski definition) is 4. The third-order valence-corrected chi connectivity index (χ3v) is 4.54. The van der Waals surface area contributed by atoms with Gasteiger partial charge in [0.1, 0.15) is 6.10 Å². The predicted molar refractivity (Wildman–Crippen MR) is 88.4 cm³/mol. The van der Waals surface area contributed by atoms with Gasteiger partial charge < -0.3 is 15.4 Å². The molecule has 1 amide bonds. The van der Waals surface area contributed by atoms with Crippen LogP contribution in [-0.4, -0.2) is 31.7 Å². The highest BCUT2D eigenvalue weighted by atomic mass is 35.5. The Morgan fingerprint density at radius 3 is 2.77 bits per heavy atom. The lowest BCUT2D eigenvalue weighted by Gasteiger charge is -2.26. The second-order valence-electron chi connectivity index (χ2n) is 5.11. The van der Waals surface area contributed by atoms with Gasteiger partial charge in [-0.1, -0.05) is 23.7 Å². The molecule has 1 saturated heterocycles. The van der Waals surface area contributed by atoms with Crippen LogP contribution in [0, 0.1) is 0 Å². The number of thiophene rings is 1. The van der Waals surface area contributed by atoms with E-state index in [2.05, 4.69) is 10.6 Å². The maximum Gasteiger partial charge on any atom is 0.251 e. The summed E-state index contributed by atoms with van der Waals surface area (Å²) in [6.07, 6.45) is -0.442. The summed E-state index contributed by atoms with van der Waals surface area (Å²) in [5, 5.41) is 11.0. The minimum absolute atomic E-state index is 0.0987. The number of amides is 1. The van der Waals surface area contributed by atoms with Crippen LogP contribution in [-0.2, 0) is 9.53 Å². The van der Waals surface area contributed by atoms with Crippen LogP contribution in [0.4, 0.5) is 0 Å². The molecular formula is C16H17ClN2O2S. The first-order chi connectivity index (χ1) is 10.7. The number of ether oxygens (including phenoxy) is 1. The van der Waals surface area contributed by atoms with E-state index < -0.39 is 6.10 Å². The topological polar surface area (TPSA) is 50.4 Å². The van der Waals surface area contributed by atoms with Crippen molar-refractivity contribution in [1.29, 1.82) is 0 Å². The number of nitrogens with one attached hydrogen (secondary N) is 2. The quantitative estimate of drug-likeness (QED) is 0.902. The summed E-state index contributed by atoms with van der Waals surface area (Å²) in [5.41, 5.74) is 2.06. The van der Waals surface area contributed by atoms with Crippen LogP contribution in [0.1, 0.15) is 17.2 Å². The van der Waals surface area contributed by atoms with Gasteiger partial charge in [-0.2, -0.15) is 11.3 Å². The Kier molecular flexibility index (Phi) is 5.10. The summed E-state index contributed by atoms with van der Waals surface area (Å²) in [4.78, 5) is 12.4. The van der Waals surface area contributed by atoms with Crippen LogP contribution in [0.3, 0.4) is 0 Å². The first kappa shape index (κ1) is 15.5. The SMILES string of the molecule is O=C(NC(c1ccc(Cl)cc1)c1ccsc1)C1CNCCO1. The highest BCUT2D eigenvalue weighted by Gasteiger charge is 2.25. The lowest BCUT2D eigenvalue weighted by atomic mass is 10.0. The zero-order chi connectivity index (χ0) is 15.4. The number of carbonyl (C=O) groups excluding carboxylic acids is 1. The maximum absolute atomic E-state index is 12.4. The molecule has 0 saturated carbocycles. The van der Waals surface area contributed by atoms with Crippen LogP contribution in [0.15, 0.2) is 41.1 Å². The molecule has 2 aromatic rings. The van der Waals surface area contributed by atoms with E-state index in [4.69, 9.17) is 16.3 Å². The zero-order valence-corrected chi connectivity index (χ0v) is 13.5. The van der Waals surface area contributed by atoms with Crippen molar-refractivity contribution in [2.75, 3.05) is 19.7 Å². The van der Waals surface area contributed by atoms with Gasteiger partial charge in [-0.05, 0) is 40.1 Å². The van der Waals surface area contributed by atoms with Gasteiger partial charge in [-0.15, -0.1) is 0 Å². The average Bonchev–Trinajstić information content (AvgIpc) is 3.08. The Morgan fingerprint density at radius 1 is 1.32 bits per heavy atom. The van der Waals surface area contributed by atoms with E-state index in [0.717, 1.165) is 17.7 Å². The van der Waals surface area contributed by atoms with Gasteiger partial charge in [0.05, 0.1) is 12.6 Å². The van der Waals surface area contributed by atoms with E-state index in [0.29, 0.717) is 18.2 Å². The fraction of sp³-hybridized carbons (Fsp3) is 0.312. The van der Waals surface area contributed by atoms with Gasteiger partial charge in [0.15, 0.2) is 0 Å². The number of hydrogen-bond donors (Lipinski definition) is 2. The summed E-state index contributed by atoms with van der Waals surface area (Å²) >= 11 is 7.56. The molecule has 1 aromatic carbocycles. The standard InChI is InChI=1S/C16H17ClN2O2S/c17-13-3-1-11(2-4-13)15(12-5-8-22-10-12)19-16(20)14-9-18-6-7-21-14/h1-5,8,10,14-15,18H,6-7,9H2,(H,19,20). The number of halogens is 1. The van der Waals surface area contributed by atoms with Gasteiger partial charge in [0.2, 0.25) is 0 Å². The van der Waals surface area contributed by atoms with Crippen LogP contribution in [0.5, 0.6) is 0 Å². The van der Waals surface area contributed by atoms with Crippen molar-refractivity contribution in [2.45, 2.75) is 12.1 Å². The summed E-state index contributed by atoms with van der Waals surface area (Å²) in [5.74, 6) is -0.0987. The summed E-state index contributed by atoms with van der Waals surface area (Å²) < 4.78 is 5.52. The minimum Gasteiger partial charge on any atom is -0.366 e. The Bertz CT molecular complexity index is 610. The molecule has 1 aromatic heterocycles. The molecule has 1 aliphatic rings.